The first-order valence-corrected chi connectivity index (χ1v) is 13.9. The van der Waals surface area contributed by atoms with Gasteiger partial charge in [-0.3, -0.25) is 0 Å². The summed E-state index contributed by atoms with van der Waals surface area (Å²) < 4.78 is 12.1. The SMILES string of the molecule is Cc1ccc(Oc2ccc(C(C)(C)c3ccc(C(C)(C)c4ccc(Oc5ccc(C)cc5)cc4)cc3)cc2)cc1. The molecule has 0 saturated heterocycles. The molecule has 2 heteroatoms. The normalized spacial score (nSPS) is 11.8. The monoisotopic (exact) mass is 526 g/mol. The van der Waals surface area contributed by atoms with Crippen molar-refractivity contribution in [2.75, 3.05) is 0 Å². The maximum atomic E-state index is 6.04. The van der Waals surface area contributed by atoms with Gasteiger partial charge < -0.3 is 9.47 Å². The second kappa shape index (κ2) is 11.1. The lowest BCUT2D eigenvalue weighted by Gasteiger charge is -2.29. The first kappa shape index (κ1) is 27.3. The summed E-state index contributed by atoms with van der Waals surface area (Å²) in [6, 6.07) is 42.2. The molecule has 0 N–H and O–H groups in total. The molecule has 5 aromatic rings. The maximum absolute atomic E-state index is 6.04. The Labute approximate surface area is 239 Å². The Kier molecular flexibility index (Phi) is 7.54. The van der Waals surface area contributed by atoms with Gasteiger partial charge in [0, 0.05) is 10.8 Å². The topological polar surface area (TPSA) is 18.5 Å². The fourth-order valence-electron chi connectivity index (χ4n) is 5.00. The van der Waals surface area contributed by atoms with Crippen LogP contribution in [0.1, 0.15) is 61.1 Å². The molecule has 0 spiro atoms. The van der Waals surface area contributed by atoms with Crippen LogP contribution < -0.4 is 9.47 Å². The first-order chi connectivity index (χ1) is 19.1. The molecule has 2 nitrogen and oxygen atoms in total. The molecule has 0 aliphatic heterocycles. The third kappa shape index (κ3) is 5.97. The number of rotatable bonds is 8. The zero-order valence-corrected chi connectivity index (χ0v) is 24.4. The van der Waals surface area contributed by atoms with Crippen LogP contribution in [0.5, 0.6) is 23.0 Å². The van der Waals surface area contributed by atoms with Crippen molar-refractivity contribution >= 4 is 0 Å². The van der Waals surface area contributed by atoms with Gasteiger partial charge in [0.15, 0.2) is 0 Å². The summed E-state index contributed by atoms with van der Waals surface area (Å²) in [6.07, 6.45) is 0. The average Bonchev–Trinajstić information content (AvgIpc) is 2.96. The van der Waals surface area contributed by atoms with Gasteiger partial charge in [-0.2, -0.15) is 0 Å². The second-order valence-electron chi connectivity index (χ2n) is 11.7. The first-order valence-electron chi connectivity index (χ1n) is 13.9. The lowest BCUT2D eigenvalue weighted by atomic mass is 9.74. The summed E-state index contributed by atoms with van der Waals surface area (Å²) in [6.45, 7) is 13.3. The van der Waals surface area contributed by atoms with Crippen LogP contribution in [0, 0.1) is 13.8 Å². The molecule has 0 saturated carbocycles. The quantitative estimate of drug-likeness (QED) is 0.200. The van der Waals surface area contributed by atoms with Gasteiger partial charge in [0.05, 0.1) is 0 Å². The van der Waals surface area contributed by atoms with Crippen LogP contribution in [-0.4, -0.2) is 0 Å². The number of hydrogen-bond acceptors (Lipinski definition) is 2. The summed E-state index contributed by atoms with van der Waals surface area (Å²) >= 11 is 0. The van der Waals surface area contributed by atoms with Gasteiger partial charge in [-0.15, -0.1) is 0 Å². The van der Waals surface area contributed by atoms with Crippen molar-refractivity contribution in [2.45, 2.75) is 52.4 Å². The highest BCUT2D eigenvalue weighted by Gasteiger charge is 2.26. The fourth-order valence-corrected chi connectivity index (χ4v) is 5.00. The minimum Gasteiger partial charge on any atom is -0.457 e. The van der Waals surface area contributed by atoms with Crippen molar-refractivity contribution in [1.29, 1.82) is 0 Å². The minimum absolute atomic E-state index is 0.139. The molecule has 0 atom stereocenters. The molecule has 0 unspecified atom stereocenters. The molecule has 0 aromatic heterocycles. The highest BCUT2D eigenvalue weighted by Crippen LogP contribution is 2.37. The zero-order chi connectivity index (χ0) is 28.3. The summed E-state index contributed by atoms with van der Waals surface area (Å²) in [4.78, 5) is 0. The summed E-state index contributed by atoms with van der Waals surface area (Å²) in [5, 5.41) is 0. The largest absolute Gasteiger partial charge is 0.457 e. The van der Waals surface area contributed by atoms with Gasteiger partial charge in [0.2, 0.25) is 0 Å². The van der Waals surface area contributed by atoms with E-state index in [4.69, 9.17) is 9.47 Å². The molecule has 0 aliphatic carbocycles. The third-order valence-corrected chi connectivity index (χ3v) is 7.99. The van der Waals surface area contributed by atoms with Gasteiger partial charge in [0.25, 0.3) is 0 Å². The Morgan fingerprint density at radius 2 is 0.525 bits per heavy atom. The minimum atomic E-state index is -0.139. The van der Waals surface area contributed by atoms with E-state index in [9.17, 15) is 0 Å². The Bertz CT molecular complexity index is 1420. The van der Waals surface area contributed by atoms with E-state index in [1.807, 2.05) is 24.3 Å². The van der Waals surface area contributed by atoms with Crippen LogP contribution in [0.25, 0.3) is 0 Å². The van der Waals surface area contributed by atoms with Crippen molar-refractivity contribution in [3.63, 3.8) is 0 Å². The van der Waals surface area contributed by atoms with Crippen molar-refractivity contribution in [3.8, 4) is 23.0 Å². The van der Waals surface area contributed by atoms with Gasteiger partial charge in [0.1, 0.15) is 23.0 Å². The van der Waals surface area contributed by atoms with Gasteiger partial charge >= 0.3 is 0 Å². The predicted molar refractivity (Wildman–Crippen MR) is 166 cm³/mol. The van der Waals surface area contributed by atoms with Crippen molar-refractivity contribution in [2.24, 2.45) is 0 Å². The Balaban J connectivity index is 1.28. The van der Waals surface area contributed by atoms with Crippen molar-refractivity contribution in [3.05, 3.63) is 155 Å². The summed E-state index contributed by atoms with van der Waals surface area (Å²) in [5.41, 5.74) is 7.22. The van der Waals surface area contributed by atoms with Gasteiger partial charge in [-0.1, -0.05) is 112 Å². The van der Waals surface area contributed by atoms with Crippen LogP contribution in [0.3, 0.4) is 0 Å². The van der Waals surface area contributed by atoms with Gasteiger partial charge in [-0.25, -0.2) is 0 Å². The molecule has 0 radical (unpaired) electrons. The van der Waals surface area contributed by atoms with E-state index >= 15 is 0 Å². The molecular formula is C38H38O2. The smallest absolute Gasteiger partial charge is 0.127 e. The number of hydrogen-bond donors (Lipinski definition) is 0. The van der Waals surface area contributed by atoms with Crippen molar-refractivity contribution < 1.29 is 9.47 Å². The predicted octanol–water partition coefficient (Wildman–Crippen LogP) is 10.5. The molecule has 40 heavy (non-hydrogen) atoms. The molecule has 202 valence electrons. The molecule has 5 rings (SSSR count). The fraction of sp³-hybridized carbons (Fsp3) is 0.211. The Morgan fingerprint density at radius 3 is 0.775 bits per heavy atom. The van der Waals surface area contributed by atoms with Crippen LogP contribution in [0.4, 0.5) is 0 Å². The number of aryl methyl sites for hydroxylation is 2. The van der Waals surface area contributed by atoms with E-state index in [-0.39, 0.29) is 10.8 Å². The number of benzene rings is 5. The second-order valence-corrected chi connectivity index (χ2v) is 11.7. The molecule has 5 aromatic carbocycles. The highest BCUT2D eigenvalue weighted by atomic mass is 16.5. The molecule has 0 fully saturated rings. The molecular weight excluding hydrogens is 488 g/mol. The highest BCUT2D eigenvalue weighted by molar-refractivity contribution is 5.46. The van der Waals surface area contributed by atoms with E-state index in [2.05, 4.69) is 139 Å². The van der Waals surface area contributed by atoms with E-state index in [1.54, 1.807) is 0 Å². The lowest BCUT2D eigenvalue weighted by Crippen LogP contribution is -2.21. The Hall–Kier alpha value is -4.30. The molecule has 0 bridgehead atoms. The zero-order valence-electron chi connectivity index (χ0n) is 24.4. The standard InChI is InChI=1S/C38H38O2/c1-27-7-19-33(20-8-27)39-35-23-15-31(16-24-35)37(3,4)29-11-13-30(14-12-29)38(5,6)32-17-25-36(26-18-32)40-34-21-9-28(2)10-22-34/h7-26H,1-6H3. The van der Waals surface area contributed by atoms with Crippen LogP contribution in [-0.2, 0) is 10.8 Å². The van der Waals surface area contributed by atoms with Crippen LogP contribution in [0.2, 0.25) is 0 Å². The molecule has 0 heterocycles. The summed E-state index contributed by atoms with van der Waals surface area (Å²) in [5.74, 6) is 3.39. The third-order valence-electron chi connectivity index (χ3n) is 7.99. The Morgan fingerprint density at radius 1 is 0.325 bits per heavy atom. The lowest BCUT2D eigenvalue weighted by molar-refractivity contribution is 0.481. The van der Waals surface area contributed by atoms with E-state index < -0.39 is 0 Å². The maximum Gasteiger partial charge on any atom is 0.127 e. The number of ether oxygens (including phenoxy) is 2. The van der Waals surface area contributed by atoms with Crippen LogP contribution >= 0.6 is 0 Å². The average molecular weight is 527 g/mol. The van der Waals surface area contributed by atoms with E-state index in [1.165, 1.54) is 33.4 Å². The van der Waals surface area contributed by atoms with Crippen LogP contribution in [0.15, 0.2) is 121 Å². The molecule has 0 aliphatic rings. The van der Waals surface area contributed by atoms with Crippen molar-refractivity contribution in [1.82, 2.24) is 0 Å². The van der Waals surface area contributed by atoms with E-state index in [0.29, 0.717) is 0 Å². The summed E-state index contributed by atoms with van der Waals surface area (Å²) in [7, 11) is 0. The molecule has 0 amide bonds. The van der Waals surface area contributed by atoms with Gasteiger partial charge in [-0.05, 0) is 84.6 Å². The van der Waals surface area contributed by atoms with E-state index in [0.717, 1.165) is 23.0 Å².